The number of benzene rings is 1. The summed E-state index contributed by atoms with van der Waals surface area (Å²) in [6.07, 6.45) is -0.171. The molecule has 0 aliphatic rings. The lowest BCUT2D eigenvalue weighted by atomic mass is 10.2. The van der Waals surface area contributed by atoms with Crippen molar-refractivity contribution >= 4 is 22.9 Å². The molecule has 0 bridgehead atoms. The quantitative estimate of drug-likeness (QED) is 0.631. The molecule has 0 radical (unpaired) electrons. The number of carbonyl (C=O) groups is 2. The molecule has 0 unspecified atom stereocenters. The van der Waals surface area contributed by atoms with Crippen LogP contribution >= 0.6 is 0 Å². The van der Waals surface area contributed by atoms with Crippen molar-refractivity contribution in [1.29, 1.82) is 0 Å². The van der Waals surface area contributed by atoms with Crippen LogP contribution in [0.3, 0.4) is 0 Å². The highest BCUT2D eigenvalue weighted by molar-refractivity contribution is 5.94. The zero-order valence-electron chi connectivity index (χ0n) is 13.2. The van der Waals surface area contributed by atoms with E-state index in [-0.39, 0.29) is 22.8 Å². The van der Waals surface area contributed by atoms with Crippen molar-refractivity contribution in [2.45, 2.75) is 33.8 Å². The van der Waals surface area contributed by atoms with E-state index in [0.717, 1.165) is 6.92 Å². The maximum atomic E-state index is 12.0. The van der Waals surface area contributed by atoms with Gasteiger partial charge in [-0.3, -0.25) is 9.59 Å². The molecular weight excluding hydrogens is 304 g/mol. The molecule has 1 aromatic carbocycles. The molecule has 0 atom stereocenters. The summed E-state index contributed by atoms with van der Waals surface area (Å²) in [6, 6.07) is 4.79. The Kier molecular flexibility index (Phi) is 4.68. The highest BCUT2D eigenvalue weighted by Crippen LogP contribution is 2.39. The van der Waals surface area contributed by atoms with Crippen molar-refractivity contribution in [3.05, 3.63) is 28.6 Å². The first kappa shape index (κ1) is 16.5. The van der Waals surface area contributed by atoms with Crippen molar-refractivity contribution in [2.24, 2.45) is 0 Å². The second kappa shape index (κ2) is 6.51. The van der Waals surface area contributed by atoms with Gasteiger partial charge in [-0.25, -0.2) is 4.79 Å². The third kappa shape index (κ3) is 3.68. The molecule has 122 valence electrons. The number of carbonyl (C=O) groups excluding carboxylic acids is 2. The third-order valence-electron chi connectivity index (χ3n) is 2.66. The molecule has 0 N–H and O–H groups in total. The Balaban J connectivity index is 2.83. The van der Waals surface area contributed by atoms with Crippen LogP contribution in [-0.2, 0) is 9.59 Å². The molecule has 0 spiro atoms. The van der Waals surface area contributed by atoms with E-state index in [1.807, 2.05) is 13.8 Å². The van der Waals surface area contributed by atoms with Crippen molar-refractivity contribution in [3.63, 3.8) is 0 Å². The van der Waals surface area contributed by atoms with E-state index < -0.39 is 23.3 Å². The van der Waals surface area contributed by atoms with Crippen molar-refractivity contribution < 1.29 is 28.2 Å². The van der Waals surface area contributed by atoms with Gasteiger partial charge in [0.15, 0.2) is 5.75 Å². The zero-order chi connectivity index (χ0) is 17.1. The van der Waals surface area contributed by atoms with Gasteiger partial charge in [0.05, 0.1) is 6.10 Å². The molecule has 0 saturated carbocycles. The molecule has 0 saturated heterocycles. The Morgan fingerprint density at radius 1 is 1.04 bits per heavy atom. The summed E-state index contributed by atoms with van der Waals surface area (Å²) in [5, 5.41) is 0.243. The van der Waals surface area contributed by atoms with Gasteiger partial charge in [0.1, 0.15) is 16.7 Å². The fourth-order valence-corrected chi connectivity index (χ4v) is 2.00. The van der Waals surface area contributed by atoms with Crippen LogP contribution in [0.25, 0.3) is 11.0 Å². The highest BCUT2D eigenvalue weighted by atomic mass is 16.6. The van der Waals surface area contributed by atoms with Crippen LogP contribution < -0.4 is 19.8 Å². The van der Waals surface area contributed by atoms with Gasteiger partial charge in [-0.15, -0.1) is 0 Å². The molecule has 0 aliphatic carbocycles. The molecule has 2 rings (SSSR count). The predicted molar refractivity (Wildman–Crippen MR) is 80.9 cm³/mol. The summed E-state index contributed by atoms with van der Waals surface area (Å²) in [5.41, 5.74) is -0.772. The highest BCUT2D eigenvalue weighted by Gasteiger charge is 2.24. The van der Waals surface area contributed by atoms with Gasteiger partial charge >= 0.3 is 17.6 Å². The number of rotatable bonds is 4. The van der Waals surface area contributed by atoms with Gasteiger partial charge in [0.2, 0.25) is 0 Å². The molecule has 0 aliphatic heterocycles. The average Bonchev–Trinajstić information content (AvgIpc) is 2.41. The number of fused-ring (bicyclic) bond motifs is 1. The van der Waals surface area contributed by atoms with E-state index in [9.17, 15) is 14.4 Å². The zero-order valence-corrected chi connectivity index (χ0v) is 13.2. The van der Waals surface area contributed by atoms with Crippen LogP contribution in [0.4, 0.5) is 0 Å². The number of ether oxygens (including phenoxy) is 3. The summed E-state index contributed by atoms with van der Waals surface area (Å²) in [5.74, 6) is -1.77. The molecule has 7 nitrogen and oxygen atoms in total. The van der Waals surface area contributed by atoms with Crippen LogP contribution in [0.5, 0.6) is 17.2 Å². The van der Waals surface area contributed by atoms with Gasteiger partial charge in [0, 0.05) is 13.8 Å². The van der Waals surface area contributed by atoms with Gasteiger partial charge < -0.3 is 18.6 Å². The summed E-state index contributed by atoms with van der Waals surface area (Å²) in [4.78, 5) is 34.7. The van der Waals surface area contributed by atoms with Gasteiger partial charge in [-0.05, 0) is 26.0 Å². The topological polar surface area (TPSA) is 92.0 Å². The second-order valence-corrected chi connectivity index (χ2v) is 5.03. The maximum absolute atomic E-state index is 12.0. The number of esters is 2. The van der Waals surface area contributed by atoms with Crippen molar-refractivity contribution in [1.82, 2.24) is 0 Å². The van der Waals surface area contributed by atoms with E-state index >= 15 is 0 Å². The minimum atomic E-state index is -0.925. The van der Waals surface area contributed by atoms with Crippen molar-refractivity contribution in [3.8, 4) is 17.2 Å². The largest absolute Gasteiger partial charge is 0.490 e. The molecule has 1 heterocycles. The Morgan fingerprint density at radius 3 is 2.22 bits per heavy atom. The minimum absolute atomic E-state index is 0.153. The average molecular weight is 320 g/mol. The van der Waals surface area contributed by atoms with E-state index in [1.54, 1.807) is 12.1 Å². The molecule has 2 aromatic rings. The smallest absolute Gasteiger partial charge is 0.383 e. The molecular formula is C16H16O7. The standard InChI is InChI=1S/C16H16O7/c1-8(2)20-11-6-5-7-12-13(11)14(21-9(3)17)15(16(19)23-12)22-10(4)18/h5-8H,1-4H3. The molecule has 0 fully saturated rings. The second-order valence-electron chi connectivity index (χ2n) is 5.03. The SMILES string of the molecule is CC(=O)Oc1c(OC(C)=O)c2c(OC(C)C)cccc2oc1=O. The first-order valence-electron chi connectivity index (χ1n) is 6.93. The van der Waals surface area contributed by atoms with Gasteiger partial charge in [0.25, 0.3) is 5.75 Å². The summed E-state index contributed by atoms with van der Waals surface area (Å²) < 4.78 is 20.8. The Morgan fingerprint density at radius 2 is 1.65 bits per heavy atom. The molecule has 7 heteroatoms. The van der Waals surface area contributed by atoms with Gasteiger partial charge in [-0.2, -0.15) is 0 Å². The first-order valence-corrected chi connectivity index (χ1v) is 6.93. The summed E-state index contributed by atoms with van der Waals surface area (Å²) in [7, 11) is 0. The first-order chi connectivity index (χ1) is 10.8. The molecule has 0 amide bonds. The van der Waals surface area contributed by atoms with Crippen LogP contribution in [0.2, 0.25) is 0 Å². The number of hydrogen-bond donors (Lipinski definition) is 0. The van der Waals surface area contributed by atoms with Crippen LogP contribution in [0.15, 0.2) is 27.4 Å². The Bertz CT molecular complexity index is 817. The fraction of sp³-hybridized carbons (Fsp3) is 0.312. The monoisotopic (exact) mass is 320 g/mol. The van der Waals surface area contributed by atoms with Crippen LogP contribution in [-0.4, -0.2) is 18.0 Å². The normalized spacial score (nSPS) is 10.7. The Labute approximate surface area is 131 Å². The van der Waals surface area contributed by atoms with E-state index in [1.165, 1.54) is 13.0 Å². The molecule has 1 aromatic heterocycles. The third-order valence-corrected chi connectivity index (χ3v) is 2.66. The van der Waals surface area contributed by atoms with Crippen LogP contribution in [0.1, 0.15) is 27.7 Å². The van der Waals surface area contributed by atoms with Gasteiger partial charge in [-0.1, -0.05) is 6.07 Å². The predicted octanol–water partition coefficient (Wildman–Crippen LogP) is 2.43. The fourth-order valence-electron chi connectivity index (χ4n) is 2.00. The van der Waals surface area contributed by atoms with E-state index in [2.05, 4.69) is 0 Å². The van der Waals surface area contributed by atoms with Crippen LogP contribution in [0, 0.1) is 0 Å². The molecule has 23 heavy (non-hydrogen) atoms. The summed E-state index contributed by atoms with van der Waals surface area (Å²) in [6.45, 7) is 5.93. The maximum Gasteiger partial charge on any atom is 0.383 e. The minimum Gasteiger partial charge on any atom is -0.490 e. The lowest BCUT2D eigenvalue weighted by Gasteiger charge is -2.15. The van der Waals surface area contributed by atoms with E-state index in [0.29, 0.717) is 5.75 Å². The lowest BCUT2D eigenvalue weighted by molar-refractivity contribution is -0.134. The lowest BCUT2D eigenvalue weighted by Crippen LogP contribution is -2.15. The van der Waals surface area contributed by atoms with Crippen molar-refractivity contribution in [2.75, 3.05) is 0 Å². The number of hydrogen-bond acceptors (Lipinski definition) is 7. The van der Waals surface area contributed by atoms with E-state index in [4.69, 9.17) is 18.6 Å². The Hall–Kier alpha value is -2.83. The summed E-state index contributed by atoms with van der Waals surface area (Å²) >= 11 is 0.